The molecular weight excluding hydrogens is 180 g/mol. The summed E-state index contributed by atoms with van der Waals surface area (Å²) >= 11 is 4.10. The van der Waals surface area contributed by atoms with Crippen LogP contribution in [0.1, 0.15) is 18.1 Å². The molecule has 1 atom stereocenters. The molecule has 0 radical (unpaired) electrons. The second kappa shape index (κ2) is 4.16. The van der Waals surface area contributed by atoms with E-state index in [-0.39, 0.29) is 0 Å². The van der Waals surface area contributed by atoms with Gasteiger partial charge in [0.05, 0.1) is 5.60 Å². The van der Waals surface area contributed by atoms with Crippen LogP contribution in [-0.2, 0) is 6.42 Å². The van der Waals surface area contributed by atoms with Crippen LogP contribution < -0.4 is 0 Å². The van der Waals surface area contributed by atoms with Gasteiger partial charge in [-0.2, -0.15) is 12.6 Å². The first-order chi connectivity index (χ1) is 6.03. The number of hydrogen-bond donors (Lipinski definition) is 2. The van der Waals surface area contributed by atoms with E-state index in [1.807, 2.05) is 12.1 Å². The lowest BCUT2D eigenvalue weighted by Gasteiger charge is -2.20. The quantitative estimate of drug-likeness (QED) is 0.710. The predicted molar refractivity (Wildman–Crippen MR) is 59.4 cm³/mol. The largest absolute Gasteiger partial charge is 0.389 e. The fourth-order valence-electron chi connectivity index (χ4n) is 1.20. The minimum Gasteiger partial charge on any atom is -0.389 e. The summed E-state index contributed by atoms with van der Waals surface area (Å²) in [6.07, 6.45) is 0.663. The number of hydrogen-bond acceptors (Lipinski definition) is 2. The second-order valence-corrected chi connectivity index (χ2v) is 4.13. The molecule has 1 aromatic rings. The van der Waals surface area contributed by atoms with Crippen LogP contribution in [0.25, 0.3) is 0 Å². The predicted octanol–water partition coefficient (Wildman–Crippen LogP) is 2.22. The first-order valence-corrected chi connectivity index (χ1v) is 5.05. The molecule has 0 heterocycles. The monoisotopic (exact) mass is 196 g/mol. The van der Waals surface area contributed by atoms with Gasteiger partial charge in [-0.3, -0.25) is 0 Å². The molecule has 1 aromatic carbocycles. The maximum atomic E-state index is 9.77. The number of aryl methyl sites for hydroxylation is 1. The molecule has 1 nitrogen and oxygen atoms in total. The highest BCUT2D eigenvalue weighted by Gasteiger charge is 2.18. The highest BCUT2D eigenvalue weighted by molar-refractivity contribution is 7.80. The van der Waals surface area contributed by atoms with Crippen LogP contribution in [-0.4, -0.2) is 16.5 Å². The van der Waals surface area contributed by atoms with Crippen molar-refractivity contribution in [2.45, 2.75) is 25.9 Å². The van der Waals surface area contributed by atoms with Gasteiger partial charge in [0, 0.05) is 12.2 Å². The summed E-state index contributed by atoms with van der Waals surface area (Å²) in [5.41, 5.74) is 1.71. The minimum absolute atomic E-state index is 0.487. The van der Waals surface area contributed by atoms with Gasteiger partial charge in [0.25, 0.3) is 0 Å². The zero-order valence-corrected chi connectivity index (χ0v) is 9.01. The Morgan fingerprint density at radius 2 is 1.85 bits per heavy atom. The maximum Gasteiger partial charge on any atom is 0.0747 e. The highest BCUT2D eigenvalue weighted by atomic mass is 32.1. The molecule has 0 fully saturated rings. The first kappa shape index (κ1) is 10.6. The average molecular weight is 196 g/mol. The third-order valence-corrected chi connectivity index (χ3v) is 2.73. The average Bonchev–Trinajstić information content (AvgIpc) is 2.09. The SMILES string of the molecule is Cc1ccc(CC(C)(O)CS)cc1. The van der Waals surface area contributed by atoms with E-state index in [9.17, 15) is 5.11 Å². The van der Waals surface area contributed by atoms with Crippen LogP contribution in [0, 0.1) is 6.92 Å². The second-order valence-electron chi connectivity index (χ2n) is 3.82. The third-order valence-electron chi connectivity index (χ3n) is 2.05. The molecule has 0 amide bonds. The van der Waals surface area contributed by atoms with Crippen molar-refractivity contribution in [3.63, 3.8) is 0 Å². The van der Waals surface area contributed by atoms with Gasteiger partial charge in [-0.25, -0.2) is 0 Å². The van der Waals surface area contributed by atoms with Crippen LogP contribution in [0.3, 0.4) is 0 Å². The van der Waals surface area contributed by atoms with Crippen molar-refractivity contribution in [3.05, 3.63) is 35.4 Å². The molecular formula is C11H16OS. The van der Waals surface area contributed by atoms with Gasteiger partial charge in [-0.1, -0.05) is 29.8 Å². The Kier molecular flexibility index (Phi) is 3.40. The molecule has 1 N–H and O–H groups in total. The van der Waals surface area contributed by atoms with Crippen molar-refractivity contribution in [2.75, 3.05) is 5.75 Å². The van der Waals surface area contributed by atoms with Crippen LogP contribution >= 0.6 is 12.6 Å². The van der Waals surface area contributed by atoms with Crippen molar-refractivity contribution in [3.8, 4) is 0 Å². The van der Waals surface area contributed by atoms with Crippen molar-refractivity contribution in [2.24, 2.45) is 0 Å². The standard InChI is InChI=1S/C11H16OS/c1-9-3-5-10(6-4-9)7-11(2,12)8-13/h3-6,12-13H,7-8H2,1-2H3. The molecule has 0 saturated heterocycles. The lowest BCUT2D eigenvalue weighted by atomic mass is 9.98. The van der Waals surface area contributed by atoms with Crippen molar-refractivity contribution in [1.29, 1.82) is 0 Å². The van der Waals surface area contributed by atoms with E-state index >= 15 is 0 Å². The summed E-state index contributed by atoms with van der Waals surface area (Å²) in [5.74, 6) is 0.487. The van der Waals surface area contributed by atoms with Gasteiger partial charge in [0.1, 0.15) is 0 Å². The Bertz CT molecular complexity index is 264. The molecule has 0 aromatic heterocycles. The van der Waals surface area contributed by atoms with Gasteiger partial charge in [-0.15, -0.1) is 0 Å². The Morgan fingerprint density at radius 1 is 1.31 bits per heavy atom. The van der Waals surface area contributed by atoms with Gasteiger partial charge in [0.2, 0.25) is 0 Å². The zero-order valence-electron chi connectivity index (χ0n) is 8.12. The molecule has 0 spiro atoms. The van der Waals surface area contributed by atoms with Crippen LogP contribution in [0.15, 0.2) is 24.3 Å². The third kappa shape index (κ3) is 3.41. The normalized spacial score (nSPS) is 15.4. The number of thiol groups is 1. The van der Waals surface area contributed by atoms with Gasteiger partial charge in [-0.05, 0) is 19.4 Å². The van der Waals surface area contributed by atoms with Crippen molar-refractivity contribution in [1.82, 2.24) is 0 Å². The summed E-state index contributed by atoms with van der Waals surface area (Å²) in [5, 5.41) is 9.77. The molecule has 13 heavy (non-hydrogen) atoms. The van der Waals surface area contributed by atoms with Crippen molar-refractivity contribution < 1.29 is 5.11 Å². The molecule has 0 bridgehead atoms. The first-order valence-electron chi connectivity index (χ1n) is 4.42. The van der Waals surface area contributed by atoms with E-state index < -0.39 is 5.60 Å². The summed E-state index contributed by atoms with van der Waals surface area (Å²) in [4.78, 5) is 0. The summed E-state index contributed by atoms with van der Waals surface area (Å²) in [7, 11) is 0. The molecule has 2 heteroatoms. The Labute approximate surface area is 85.2 Å². The number of benzene rings is 1. The number of rotatable bonds is 3. The fourth-order valence-corrected chi connectivity index (χ4v) is 1.31. The van der Waals surface area contributed by atoms with Crippen LogP contribution in [0.5, 0.6) is 0 Å². The molecule has 0 aliphatic heterocycles. The molecule has 1 rings (SSSR count). The van der Waals surface area contributed by atoms with Crippen LogP contribution in [0.4, 0.5) is 0 Å². The molecule has 1 unspecified atom stereocenters. The summed E-state index contributed by atoms with van der Waals surface area (Å²) in [6, 6.07) is 8.22. The maximum absolute atomic E-state index is 9.77. The smallest absolute Gasteiger partial charge is 0.0747 e. The Balaban J connectivity index is 2.69. The summed E-state index contributed by atoms with van der Waals surface area (Å²) < 4.78 is 0. The van der Waals surface area contributed by atoms with E-state index in [1.54, 1.807) is 6.92 Å². The van der Waals surface area contributed by atoms with Gasteiger partial charge >= 0.3 is 0 Å². The van der Waals surface area contributed by atoms with E-state index in [2.05, 4.69) is 31.7 Å². The van der Waals surface area contributed by atoms with E-state index in [4.69, 9.17) is 0 Å². The molecule has 72 valence electrons. The number of aliphatic hydroxyl groups is 1. The Hall–Kier alpha value is -0.470. The molecule has 0 aliphatic carbocycles. The van der Waals surface area contributed by atoms with Gasteiger partial charge in [0.15, 0.2) is 0 Å². The lowest BCUT2D eigenvalue weighted by Crippen LogP contribution is -2.29. The van der Waals surface area contributed by atoms with E-state index in [1.165, 1.54) is 5.56 Å². The topological polar surface area (TPSA) is 20.2 Å². The van der Waals surface area contributed by atoms with E-state index in [0.29, 0.717) is 12.2 Å². The van der Waals surface area contributed by atoms with E-state index in [0.717, 1.165) is 5.56 Å². The summed E-state index contributed by atoms with van der Waals surface area (Å²) in [6.45, 7) is 3.86. The Morgan fingerprint density at radius 3 is 2.31 bits per heavy atom. The molecule has 0 saturated carbocycles. The highest BCUT2D eigenvalue weighted by Crippen LogP contribution is 2.14. The molecule has 0 aliphatic rings. The van der Waals surface area contributed by atoms with Crippen molar-refractivity contribution >= 4 is 12.6 Å². The van der Waals surface area contributed by atoms with Crippen LogP contribution in [0.2, 0.25) is 0 Å². The van der Waals surface area contributed by atoms with Gasteiger partial charge < -0.3 is 5.11 Å². The minimum atomic E-state index is -0.696. The zero-order chi connectivity index (χ0) is 9.90. The fraction of sp³-hybridized carbons (Fsp3) is 0.455. The lowest BCUT2D eigenvalue weighted by molar-refractivity contribution is 0.0865.